The molecule has 1 saturated heterocycles. The van der Waals surface area contributed by atoms with Crippen molar-refractivity contribution in [2.24, 2.45) is 0 Å². The summed E-state index contributed by atoms with van der Waals surface area (Å²) in [5.41, 5.74) is 0.211. The van der Waals surface area contributed by atoms with Crippen LogP contribution in [0.3, 0.4) is 0 Å². The number of hydrogen-bond donors (Lipinski definition) is 1. The monoisotopic (exact) mass is 486 g/mol. The lowest BCUT2D eigenvalue weighted by molar-refractivity contribution is -0.122. The minimum Gasteiger partial charge on any atom is -0.457 e. The number of rotatable bonds is 5. The molecule has 35 heavy (non-hydrogen) atoms. The molecule has 3 aromatic carbocycles. The predicted octanol–water partition coefficient (Wildman–Crippen LogP) is 4.39. The van der Waals surface area contributed by atoms with Crippen LogP contribution in [-0.2, 0) is 9.59 Å². The molecular formula is C26H19FN4O3S. The van der Waals surface area contributed by atoms with E-state index in [4.69, 9.17) is 17.0 Å². The minimum absolute atomic E-state index is 0.0648. The molecule has 1 heterocycles. The van der Waals surface area contributed by atoms with Gasteiger partial charge in [0, 0.05) is 19.7 Å². The number of halogens is 1. The number of carbonyl (C=O) groups excluding carboxylic acids is 2. The fourth-order valence-corrected chi connectivity index (χ4v) is 3.79. The van der Waals surface area contributed by atoms with Gasteiger partial charge < -0.3 is 9.64 Å². The number of benzene rings is 3. The number of nitrogens with zero attached hydrogens (tertiary/aromatic N) is 3. The third-order valence-electron chi connectivity index (χ3n) is 5.22. The number of carbonyl (C=O) groups is 2. The van der Waals surface area contributed by atoms with E-state index in [1.807, 2.05) is 36.4 Å². The van der Waals surface area contributed by atoms with Crippen molar-refractivity contribution in [3.05, 3.63) is 89.2 Å². The number of hydrogen-bond acceptors (Lipinski definition) is 6. The van der Waals surface area contributed by atoms with Crippen molar-refractivity contribution in [3.8, 4) is 17.6 Å². The first-order valence-corrected chi connectivity index (χ1v) is 10.9. The molecule has 0 bridgehead atoms. The van der Waals surface area contributed by atoms with Gasteiger partial charge in [-0.05, 0) is 66.8 Å². The number of ether oxygens (including phenoxy) is 1. The zero-order valence-electron chi connectivity index (χ0n) is 18.8. The average molecular weight is 487 g/mol. The summed E-state index contributed by atoms with van der Waals surface area (Å²) < 4.78 is 20.8. The molecule has 9 heteroatoms. The summed E-state index contributed by atoms with van der Waals surface area (Å²) in [4.78, 5) is 28.6. The molecule has 2 amide bonds. The second-order valence-corrected chi connectivity index (χ2v) is 8.12. The molecular weight excluding hydrogens is 467 g/mol. The van der Waals surface area contributed by atoms with Crippen molar-refractivity contribution in [2.75, 3.05) is 23.9 Å². The first kappa shape index (κ1) is 23.6. The summed E-state index contributed by atoms with van der Waals surface area (Å²) in [6, 6.07) is 20.6. The fraction of sp³-hybridized carbons (Fsp3) is 0.0769. The second-order valence-electron chi connectivity index (χ2n) is 7.74. The highest BCUT2D eigenvalue weighted by atomic mass is 32.1. The Morgan fingerprint density at radius 2 is 1.69 bits per heavy atom. The number of para-hydroxylation sites is 1. The Morgan fingerprint density at radius 1 is 1.03 bits per heavy atom. The predicted molar refractivity (Wildman–Crippen MR) is 135 cm³/mol. The van der Waals surface area contributed by atoms with Gasteiger partial charge in [-0.3, -0.25) is 19.8 Å². The van der Waals surface area contributed by atoms with Crippen LogP contribution in [0.15, 0.2) is 72.3 Å². The summed E-state index contributed by atoms with van der Waals surface area (Å²) in [6.07, 6.45) is 1.12. The Morgan fingerprint density at radius 3 is 2.31 bits per heavy atom. The van der Waals surface area contributed by atoms with Crippen molar-refractivity contribution >= 4 is 46.6 Å². The van der Waals surface area contributed by atoms with E-state index in [9.17, 15) is 14.9 Å². The quantitative estimate of drug-likeness (QED) is 0.327. The van der Waals surface area contributed by atoms with Crippen molar-refractivity contribution in [1.82, 2.24) is 5.32 Å². The third-order valence-corrected chi connectivity index (χ3v) is 5.50. The summed E-state index contributed by atoms with van der Waals surface area (Å²) in [5.74, 6) is -1.10. The molecule has 0 aliphatic carbocycles. The molecule has 1 aliphatic rings. The summed E-state index contributed by atoms with van der Waals surface area (Å²) in [7, 11) is 3.36. The maximum atomic E-state index is 15.0. The SMILES string of the molecule is CN(C)c1ccc(/C=C2\C(=O)NC(=S)N(c3ccc(Oc4ccccc4)cc3)C2=O)c(F)c1C#N. The molecule has 0 saturated carbocycles. The molecule has 0 atom stereocenters. The van der Waals surface area contributed by atoms with Crippen LogP contribution < -0.4 is 19.9 Å². The zero-order chi connectivity index (χ0) is 25.1. The van der Waals surface area contributed by atoms with Crippen LogP contribution in [0.25, 0.3) is 6.08 Å². The van der Waals surface area contributed by atoms with Gasteiger partial charge in [-0.15, -0.1) is 0 Å². The molecule has 0 spiro atoms. The van der Waals surface area contributed by atoms with Gasteiger partial charge in [-0.25, -0.2) is 4.39 Å². The molecule has 7 nitrogen and oxygen atoms in total. The maximum Gasteiger partial charge on any atom is 0.270 e. The van der Waals surface area contributed by atoms with E-state index >= 15 is 4.39 Å². The summed E-state index contributed by atoms with van der Waals surface area (Å²) in [6.45, 7) is 0. The molecule has 1 fully saturated rings. The fourth-order valence-electron chi connectivity index (χ4n) is 3.51. The molecule has 174 valence electrons. The topological polar surface area (TPSA) is 85.7 Å². The van der Waals surface area contributed by atoms with E-state index in [1.54, 1.807) is 49.3 Å². The van der Waals surface area contributed by atoms with Crippen molar-refractivity contribution in [2.45, 2.75) is 0 Å². The largest absolute Gasteiger partial charge is 0.457 e. The molecule has 0 aromatic heterocycles. The second kappa shape index (κ2) is 9.75. The maximum absolute atomic E-state index is 15.0. The molecule has 4 rings (SSSR count). The molecule has 0 unspecified atom stereocenters. The Kier molecular flexibility index (Phi) is 6.57. The standard InChI is InChI=1S/C26H19FN4O3S/c1-30(2)22-13-8-16(23(27)21(22)15-28)14-20-24(32)29-26(35)31(25(20)33)17-9-11-19(12-10-17)34-18-6-4-3-5-7-18/h3-14H,1-2H3,(H,29,32,35)/b20-14+. The summed E-state index contributed by atoms with van der Waals surface area (Å²) in [5, 5.41) is 11.8. The number of thiocarbonyl (C=S) groups is 1. The van der Waals surface area contributed by atoms with E-state index in [0.29, 0.717) is 22.9 Å². The van der Waals surface area contributed by atoms with E-state index < -0.39 is 17.6 Å². The number of amides is 2. The van der Waals surface area contributed by atoms with Crippen LogP contribution in [0.1, 0.15) is 11.1 Å². The minimum atomic E-state index is -0.825. The lowest BCUT2D eigenvalue weighted by Gasteiger charge is -2.29. The lowest BCUT2D eigenvalue weighted by atomic mass is 10.0. The van der Waals surface area contributed by atoms with Gasteiger partial charge in [-0.2, -0.15) is 5.26 Å². The van der Waals surface area contributed by atoms with Crippen LogP contribution in [-0.4, -0.2) is 31.0 Å². The number of nitrogens with one attached hydrogen (secondary N) is 1. The van der Waals surface area contributed by atoms with E-state index in [1.165, 1.54) is 6.07 Å². The molecule has 3 aromatic rings. The Balaban J connectivity index is 1.65. The van der Waals surface area contributed by atoms with Crippen molar-refractivity contribution in [1.29, 1.82) is 5.26 Å². The lowest BCUT2D eigenvalue weighted by Crippen LogP contribution is -2.54. The van der Waals surface area contributed by atoms with Gasteiger partial charge in [0.2, 0.25) is 0 Å². The molecule has 1 aliphatic heterocycles. The Hall–Kier alpha value is -4.55. The highest BCUT2D eigenvalue weighted by Gasteiger charge is 2.35. The summed E-state index contributed by atoms with van der Waals surface area (Å²) >= 11 is 5.22. The Bertz CT molecular complexity index is 1400. The van der Waals surface area contributed by atoms with E-state index in [2.05, 4.69) is 5.32 Å². The molecule has 0 radical (unpaired) electrons. The van der Waals surface area contributed by atoms with Gasteiger partial charge in [-0.1, -0.05) is 18.2 Å². The number of nitriles is 1. The van der Waals surface area contributed by atoms with Crippen LogP contribution in [0.2, 0.25) is 0 Å². The average Bonchev–Trinajstić information content (AvgIpc) is 2.84. The van der Waals surface area contributed by atoms with Crippen LogP contribution in [0.4, 0.5) is 15.8 Å². The number of anilines is 2. The third kappa shape index (κ3) is 4.74. The zero-order valence-corrected chi connectivity index (χ0v) is 19.6. The van der Waals surface area contributed by atoms with E-state index in [0.717, 1.165) is 11.0 Å². The first-order valence-electron chi connectivity index (χ1n) is 10.4. The smallest absolute Gasteiger partial charge is 0.270 e. The highest BCUT2D eigenvalue weighted by molar-refractivity contribution is 7.80. The Labute approximate surface area is 206 Å². The van der Waals surface area contributed by atoms with Crippen molar-refractivity contribution in [3.63, 3.8) is 0 Å². The highest BCUT2D eigenvalue weighted by Crippen LogP contribution is 2.29. The van der Waals surface area contributed by atoms with Crippen LogP contribution >= 0.6 is 12.2 Å². The van der Waals surface area contributed by atoms with Crippen LogP contribution in [0.5, 0.6) is 11.5 Å². The van der Waals surface area contributed by atoms with Crippen molar-refractivity contribution < 1.29 is 18.7 Å². The molecule has 1 N–H and O–H groups in total. The van der Waals surface area contributed by atoms with Gasteiger partial charge in [0.15, 0.2) is 5.11 Å². The van der Waals surface area contributed by atoms with Gasteiger partial charge >= 0.3 is 0 Å². The normalized spacial score (nSPS) is 14.5. The van der Waals surface area contributed by atoms with Crippen LogP contribution in [0, 0.1) is 17.1 Å². The van der Waals surface area contributed by atoms with Gasteiger partial charge in [0.1, 0.15) is 34.5 Å². The first-order chi connectivity index (χ1) is 16.8. The van der Waals surface area contributed by atoms with Gasteiger partial charge in [0.05, 0.1) is 11.4 Å². The van der Waals surface area contributed by atoms with E-state index in [-0.39, 0.29) is 21.8 Å². The van der Waals surface area contributed by atoms with Gasteiger partial charge in [0.25, 0.3) is 11.8 Å².